The smallest absolute Gasteiger partial charge is 0.310 e. The molecule has 0 radical (unpaired) electrons. The molecule has 7 nitrogen and oxygen atoms in total. The van der Waals surface area contributed by atoms with Crippen molar-refractivity contribution in [3.8, 4) is 0 Å². The number of β-amino-alcohol motifs (C(OH)–C–C–N with tert-alkyl or cyclic N) is 1. The molecule has 2 amide bonds. The van der Waals surface area contributed by atoms with Crippen molar-refractivity contribution in [1.82, 2.24) is 9.80 Å². The number of unbranched alkanes of at least 4 members (excludes halogenated alkanes) is 4. The van der Waals surface area contributed by atoms with Gasteiger partial charge in [0.1, 0.15) is 6.04 Å². The standard InChI is InChI=1S/C26H39BrN2O5S/c1-4-7-9-11-16-34-25(33)19-20-23(31)29(14-15-30)22(26(20)17-18(27)21(19)35-26)24(32)28(12-6-3)13-10-8-5-2/h4,6,18-22,30H,1,3,5,7-17H2,2H3/t18?,19-,20-,21-,22?,26?/m0/s1. The van der Waals surface area contributed by atoms with Crippen LogP contribution in [0.5, 0.6) is 0 Å². The molecule has 35 heavy (non-hydrogen) atoms. The largest absolute Gasteiger partial charge is 0.465 e. The number of nitrogens with zero attached hydrogens (tertiary/aromatic N) is 2. The van der Waals surface area contributed by atoms with E-state index in [4.69, 9.17) is 4.74 Å². The highest BCUT2D eigenvalue weighted by Crippen LogP contribution is 2.68. The van der Waals surface area contributed by atoms with Crippen LogP contribution in [0.3, 0.4) is 0 Å². The van der Waals surface area contributed by atoms with E-state index in [9.17, 15) is 19.5 Å². The van der Waals surface area contributed by atoms with E-state index >= 15 is 0 Å². The molecule has 196 valence electrons. The first-order valence-corrected chi connectivity index (χ1v) is 14.6. The molecule has 3 aliphatic heterocycles. The second-order valence-corrected chi connectivity index (χ2v) is 12.4. The van der Waals surface area contributed by atoms with Crippen molar-refractivity contribution in [3.63, 3.8) is 0 Å². The monoisotopic (exact) mass is 570 g/mol. The molecule has 3 aliphatic rings. The Kier molecular flexibility index (Phi) is 10.3. The third-order valence-corrected chi connectivity index (χ3v) is 10.6. The van der Waals surface area contributed by atoms with Crippen LogP contribution in [0, 0.1) is 11.8 Å². The maximum atomic E-state index is 14.0. The van der Waals surface area contributed by atoms with E-state index in [1.165, 1.54) is 4.90 Å². The van der Waals surface area contributed by atoms with Crippen molar-refractivity contribution in [2.75, 3.05) is 32.8 Å². The van der Waals surface area contributed by atoms with Crippen LogP contribution in [-0.4, -0.2) is 86.4 Å². The Morgan fingerprint density at radius 1 is 1.29 bits per heavy atom. The highest BCUT2D eigenvalue weighted by molar-refractivity contribution is 9.09. The molecule has 0 saturated carbocycles. The summed E-state index contributed by atoms with van der Waals surface area (Å²) in [6, 6.07) is -0.714. The van der Waals surface area contributed by atoms with Crippen molar-refractivity contribution in [1.29, 1.82) is 0 Å². The van der Waals surface area contributed by atoms with Gasteiger partial charge in [-0.1, -0.05) is 47.8 Å². The number of likely N-dealkylation sites (tertiary alicyclic amines) is 1. The van der Waals surface area contributed by atoms with Crippen LogP contribution in [-0.2, 0) is 19.1 Å². The summed E-state index contributed by atoms with van der Waals surface area (Å²) < 4.78 is 4.92. The Morgan fingerprint density at radius 2 is 2.06 bits per heavy atom. The summed E-state index contributed by atoms with van der Waals surface area (Å²) in [5.41, 5.74) is 0. The number of fused-ring (bicyclic) bond motifs is 1. The summed E-state index contributed by atoms with van der Waals surface area (Å²) in [6.45, 7) is 10.8. The highest BCUT2D eigenvalue weighted by Gasteiger charge is 2.76. The van der Waals surface area contributed by atoms with Gasteiger partial charge in [-0.15, -0.1) is 24.9 Å². The fraction of sp³-hybridized carbons (Fsp3) is 0.731. The van der Waals surface area contributed by atoms with Crippen LogP contribution in [0.15, 0.2) is 25.3 Å². The summed E-state index contributed by atoms with van der Waals surface area (Å²) in [6.07, 6.45) is 9.62. The lowest BCUT2D eigenvalue weighted by molar-refractivity contribution is -0.154. The topological polar surface area (TPSA) is 87.1 Å². The van der Waals surface area contributed by atoms with Gasteiger partial charge in [-0.2, -0.15) is 0 Å². The molecule has 6 atom stereocenters. The van der Waals surface area contributed by atoms with Gasteiger partial charge >= 0.3 is 5.97 Å². The first-order chi connectivity index (χ1) is 16.9. The van der Waals surface area contributed by atoms with Crippen LogP contribution in [0.4, 0.5) is 0 Å². The summed E-state index contributed by atoms with van der Waals surface area (Å²) in [4.78, 5) is 44.3. The van der Waals surface area contributed by atoms with Crippen LogP contribution in [0.25, 0.3) is 0 Å². The molecule has 0 aromatic carbocycles. The zero-order valence-electron chi connectivity index (χ0n) is 20.7. The maximum absolute atomic E-state index is 14.0. The third kappa shape index (κ3) is 5.52. The van der Waals surface area contributed by atoms with E-state index in [0.29, 0.717) is 26.1 Å². The lowest BCUT2D eigenvalue weighted by Crippen LogP contribution is -2.55. The van der Waals surface area contributed by atoms with E-state index in [-0.39, 0.29) is 41.0 Å². The van der Waals surface area contributed by atoms with Crippen LogP contribution in [0.1, 0.15) is 51.9 Å². The fourth-order valence-electron chi connectivity index (χ4n) is 5.86. The molecule has 3 fully saturated rings. The molecule has 1 spiro atoms. The molecule has 0 aromatic rings. The number of amides is 2. The first-order valence-electron chi connectivity index (χ1n) is 12.8. The number of ether oxygens (including phenoxy) is 1. The molecular formula is C26H39BrN2O5S. The molecule has 2 bridgehead atoms. The number of carbonyl (C=O) groups excluding carboxylic acids is 3. The molecule has 1 N–H and O–H groups in total. The number of hydrogen-bond acceptors (Lipinski definition) is 6. The van der Waals surface area contributed by atoms with Crippen molar-refractivity contribution in [3.05, 3.63) is 25.3 Å². The number of aliphatic hydroxyl groups is 1. The maximum Gasteiger partial charge on any atom is 0.310 e. The van der Waals surface area contributed by atoms with Gasteiger partial charge in [-0.3, -0.25) is 14.4 Å². The molecule has 0 aromatic heterocycles. The molecule has 3 rings (SSSR count). The lowest BCUT2D eigenvalue weighted by atomic mass is 9.71. The second-order valence-electron chi connectivity index (χ2n) is 9.65. The number of carbonyl (C=O) groups is 3. The normalized spacial score (nSPS) is 30.9. The summed E-state index contributed by atoms with van der Waals surface area (Å²) in [7, 11) is 0. The predicted molar refractivity (Wildman–Crippen MR) is 142 cm³/mol. The molecular weight excluding hydrogens is 532 g/mol. The number of esters is 1. The van der Waals surface area contributed by atoms with Crippen LogP contribution < -0.4 is 0 Å². The SMILES string of the molecule is C=CCCCCOC(=O)[C@H]1[C@H]2C(=O)N(CCO)C(C(=O)N(CC=C)CCCCC)C23CC(Br)[C@@H]1S3. The summed E-state index contributed by atoms with van der Waals surface area (Å²) in [5, 5.41) is 9.63. The quantitative estimate of drug-likeness (QED) is 0.140. The number of hydrogen-bond donors (Lipinski definition) is 1. The highest BCUT2D eigenvalue weighted by atomic mass is 79.9. The number of allylic oxidation sites excluding steroid dienone is 1. The third-order valence-electron chi connectivity index (χ3n) is 7.38. The lowest BCUT2D eigenvalue weighted by Gasteiger charge is -2.37. The van der Waals surface area contributed by atoms with Crippen LogP contribution >= 0.6 is 27.7 Å². The van der Waals surface area contributed by atoms with Crippen molar-refractivity contribution >= 4 is 45.5 Å². The Balaban J connectivity index is 1.87. The first kappa shape index (κ1) is 28.3. The van der Waals surface area contributed by atoms with Crippen molar-refractivity contribution in [2.45, 2.75) is 72.7 Å². The summed E-state index contributed by atoms with van der Waals surface area (Å²) >= 11 is 5.35. The Hall–Kier alpha value is -1.32. The van der Waals surface area contributed by atoms with Gasteiger partial charge in [-0.05, 0) is 32.1 Å². The number of rotatable bonds is 15. The van der Waals surface area contributed by atoms with Gasteiger partial charge in [0.15, 0.2) is 0 Å². The number of thioether (sulfide) groups is 1. The second kappa shape index (κ2) is 12.8. The molecule has 0 aliphatic carbocycles. The van der Waals surface area contributed by atoms with E-state index in [1.54, 1.807) is 22.7 Å². The minimum atomic E-state index is -0.714. The molecule has 3 unspecified atom stereocenters. The van der Waals surface area contributed by atoms with Gasteiger partial charge in [0.25, 0.3) is 0 Å². The van der Waals surface area contributed by atoms with Gasteiger partial charge in [0.2, 0.25) is 11.8 Å². The number of halogens is 1. The number of aliphatic hydroxyl groups excluding tert-OH is 1. The van der Waals surface area contributed by atoms with E-state index in [2.05, 4.69) is 36.0 Å². The average molecular weight is 572 g/mol. The fourth-order valence-corrected chi connectivity index (χ4v) is 9.45. The van der Waals surface area contributed by atoms with Crippen LogP contribution in [0.2, 0.25) is 0 Å². The molecule has 9 heteroatoms. The van der Waals surface area contributed by atoms with Crippen molar-refractivity contribution < 1.29 is 24.2 Å². The van der Waals surface area contributed by atoms with Crippen molar-refractivity contribution in [2.24, 2.45) is 11.8 Å². The predicted octanol–water partition coefficient (Wildman–Crippen LogP) is 3.55. The van der Waals surface area contributed by atoms with Gasteiger partial charge < -0.3 is 19.6 Å². The minimum Gasteiger partial charge on any atom is -0.465 e. The van der Waals surface area contributed by atoms with Gasteiger partial charge in [0.05, 0.1) is 29.8 Å². The minimum absolute atomic E-state index is 0.00666. The van der Waals surface area contributed by atoms with E-state index < -0.39 is 22.6 Å². The van der Waals surface area contributed by atoms with E-state index in [0.717, 1.165) is 38.5 Å². The molecule has 3 heterocycles. The zero-order chi connectivity index (χ0) is 25.6. The van der Waals surface area contributed by atoms with Gasteiger partial charge in [0, 0.05) is 29.7 Å². The number of alkyl halides is 1. The molecule has 3 saturated heterocycles. The Labute approximate surface area is 221 Å². The zero-order valence-corrected chi connectivity index (χ0v) is 23.1. The Morgan fingerprint density at radius 3 is 2.71 bits per heavy atom. The summed E-state index contributed by atoms with van der Waals surface area (Å²) in [5.74, 6) is -1.90. The van der Waals surface area contributed by atoms with Gasteiger partial charge in [-0.25, -0.2) is 0 Å². The Bertz CT molecular complexity index is 811. The van der Waals surface area contributed by atoms with E-state index in [1.807, 2.05) is 6.08 Å². The average Bonchev–Trinajstić information content (AvgIpc) is 3.42.